The minimum absolute atomic E-state index is 0.0278. The van der Waals surface area contributed by atoms with Crippen LogP contribution < -0.4 is 0 Å². The van der Waals surface area contributed by atoms with Crippen molar-refractivity contribution in [2.75, 3.05) is 7.05 Å². The first-order valence-electron chi connectivity index (χ1n) is 4.65. The maximum absolute atomic E-state index is 11.8. The SMILES string of the molecule is CN1C(=O)c2c([N+](=O)[O-])cccc2C1(C)O. The van der Waals surface area contributed by atoms with Crippen LogP contribution in [0.15, 0.2) is 18.2 Å². The van der Waals surface area contributed by atoms with E-state index in [0.717, 1.165) is 4.90 Å². The fraction of sp³-hybridized carbons (Fsp3) is 0.300. The van der Waals surface area contributed by atoms with Crippen molar-refractivity contribution < 1.29 is 14.8 Å². The van der Waals surface area contributed by atoms with Gasteiger partial charge < -0.3 is 10.0 Å². The molecule has 0 saturated carbocycles. The van der Waals surface area contributed by atoms with Gasteiger partial charge in [0, 0.05) is 18.7 Å². The van der Waals surface area contributed by atoms with Crippen LogP contribution in [0.3, 0.4) is 0 Å². The average Bonchev–Trinajstić information content (AvgIpc) is 2.41. The maximum atomic E-state index is 11.8. The summed E-state index contributed by atoms with van der Waals surface area (Å²) < 4.78 is 0. The van der Waals surface area contributed by atoms with E-state index < -0.39 is 16.6 Å². The predicted octanol–water partition coefficient (Wildman–Crippen LogP) is 0.845. The molecule has 0 bridgehead atoms. The number of nitrogens with zero attached hydrogens (tertiary/aromatic N) is 2. The van der Waals surface area contributed by atoms with Gasteiger partial charge in [0.25, 0.3) is 11.6 Å². The zero-order valence-corrected chi connectivity index (χ0v) is 8.80. The van der Waals surface area contributed by atoms with E-state index in [1.165, 1.54) is 32.2 Å². The van der Waals surface area contributed by atoms with Gasteiger partial charge in [-0.25, -0.2) is 0 Å². The standard InChI is InChI=1S/C10H10N2O4/c1-10(14)6-4-3-5-7(12(15)16)8(6)9(13)11(10)2/h3-5,14H,1-2H3. The normalized spacial score (nSPS) is 23.4. The quantitative estimate of drug-likeness (QED) is 0.563. The van der Waals surface area contributed by atoms with Gasteiger partial charge in [-0.3, -0.25) is 14.9 Å². The second-order valence-electron chi connectivity index (χ2n) is 3.84. The lowest BCUT2D eigenvalue weighted by molar-refractivity contribution is -0.385. The van der Waals surface area contributed by atoms with Crippen molar-refractivity contribution in [2.24, 2.45) is 0 Å². The number of hydrogen-bond acceptors (Lipinski definition) is 4. The Kier molecular flexibility index (Phi) is 1.99. The first kappa shape index (κ1) is 10.6. The molecule has 6 nitrogen and oxygen atoms in total. The monoisotopic (exact) mass is 222 g/mol. The lowest BCUT2D eigenvalue weighted by Gasteiger charge is -2.26. The van der Waals surface area contributed by atoms with Crippen molar-refractivity contribution in [1.29, 1.82) is 0 Å². The van der Waals surface area contributed by atoms with Crippen LogP contribution in [0.2, 0.25) is 0 Å². The van der Waals surface area contributed by atoms with Gasteiger partial charge in [0.2, 0.25) is 0 Å². The molecule has 2 rings (SSSR count). The highest BCUT2D eigenvalue weighted by Crippen LogP contribution is 2.39. The van der Waals surface area contributed by atoms with Gasteiger partial charge in [-0.1, -0.05) is 12.1 Å². The van der Waals surface area contributed by atoms with Crippen LogP contribution >= 0.6 is 0 Å². The van der Waals surface area contributed by atoms with Crippen LogP contribution in [0.1, 0.15) is 22.8 Å². The van der Waals surface area contributed by atoms with E-state index in [1.807, 2.05) is 0 Å². The summed E-state index contributed by atoms with van der Waals surface area (Å²) in [5, 5.41) is 20.9. The van der Waals surface area contributed by atoms with Crippen molar-refractivity contribution in [3.8, 4) is 0 Å². The van der Waals surface area contributed by atoms with Gasteiger partial charge in [-0.15, -0.1) is 0 Å². The second kappa shape index (κ2) is 3.02. The van der Waals surface area contributed by atoms with Crippen molar-refractivity contribution >= 4 is 11.6 Å². The molecule has 0 saturated heterocycles. The van der Waals surface area contributed by atoms with E-state index in [0.29, 0.717) is 0 Å². The van der Waals surface area contributed by atoms with Gasteiger partial charge in [0.1, 0.15) is 5.56 Å². The van der Waals surface area contributed by atoms with Gasteiger partial charge in [-0.2, -0.15) is 0 Å². The van der Waals surface area contributed by atoms with Crippen LogP contribution in [-0.4, -0.2) is 27.9 Å². The number of carbonyl (C=O) groups excluding carboxylic acids is 1. The molecule has 0 spiro atoms. The Bertz CT molecular complexity index is 496. The minimum Gasteiger partial charge on any atom is -0.367 e. The number of fused-ring (bicyclic) bond motifs is 1. The number of amides is 1. The Morgan fingerprint density at radius 1 is 1.50 bits per heavy atom. The lowest BCUT2D eigenvalue weighted by Crippen LogP contribution is -2.37. The third-order valence-electron chi connectivity index (χ3n) is 2.92. The molecule has 1 amide bonds. The Morgan fingerprint density at radius 2 is 2.12 bits per heavy atom. The number of benzene rings is 1. The molecular formula is C10H10N2O4. The van der Waals surface area contributed by atoms with Crippen LogP contribution in [0.4, 0.5) is 5.69 Å². The number of nitro benzene ring substituents is 1. The van der Waals surface area contributed by atoms with Crippen molar-refractivity contribution in [3.63, 3.8) is 0 Å². The molecule has 1 atom stereocenters. The van der Waals surface area contributed by atoms with Crippen molar-refractivity contribution in [3.05, 3.63) is 39.4 Å². The Hall–Kier alpha value is -1.95. The Morgan fingerprint density at radius 3 is 2.69 bits per heavy atom. The molecule has 1 aromatic rings. The van der Waals surface area contributed by atoms with E-state index in [1.54, 1.807) is 0 Å². The van der Waals surface area contributed by atoms with E-state index in [2.05, 4.69) is 0 Å². The zero-order valence-electron chi connectivity index (χ0n) is 8.80. The van der Waals surface area contributed by atoms with E-state index >= 15 is 0 Å². The van der Waals surface area contributed by atoms with Crippen LogP contribution in [0.25, 0.3) is 0 Å². The molecule has 6 heteroatoms. The Balaban J connectivity index is 2.76. The van der Waals surface area contributed by atoms with Gasteiger partial charge in [0.05, 0.1) is 4.92 Å². The largest absolute Gasteiger partial charge is 0.367 e. The molecule has 1 unspecified atom stereocenters. The van der Waals surface area contributed by atoms with E-state index in [9.17, 15) is 20.0 Å². The summed E-state index contributed by atoms with van der Waals surface area (Å²) in [4.78, 5) is 23.0. The fourth-order valence-electron chi connectivity index (χ4n) is 1.86. The molecule has 0 radical (unpaired) electrons. The number of rotatable bonds is 1. The molecule has 16 heavy (non-hydrogen) atoms. The molecule has 1 heterocycles. The van der Waals surface area contributed by atoms with E-state index in [4.69, 9.17) is 0 Å². The summed E-state index contributed by atoms with van der Waals surface area (Å²) in [6.07, 6.45) is 0. The zero-order chi connectivity index (χ0) is 12.1. The van der Waals surface area contributed by atoms with E-state index in [-0.39, 0.29) is 16.8 Å². The summed E-state index contributed by atoms with van der Waals surface area (Å²) in [7, 11) is 1.41. The molecule has 0 aliphatic carbocycles. The lowest BCUT2D eigenvalue weighted by atomic mass is 10.0. The highest BCUT2D eigenvalue weighted by molar-refractivity contribution is 6.03. The molecule has 1 aromatic carbocycles. The highest BCUT2D eigenvalue weighted by Gasteiger charge is 2.46. The van der Waals surface area contributed by atoms with Gasteiger partial charge in [-0.05, 0) is 6.92 Å². The van der Waals surface area contributed by atoms with Crippen LogP contribution in [-0.2, 0) is 5.72 Å². The second-order valence-corrected chi connectivity index (χ2v) is 3.84. The number of nitro groups is 1. The number of carbonyl (C=O) groups is 1. The molecular weight excluding hydrogens is 212 g/mol. The van der Waals surface area contributed by atoms with Crippen molar-refractivity contribution in [1.82, 2.24) is 4.90 Å². The topological polar surface area (TPSA) is 83.7 Å². The molecule has 0 aromatic heterocycles. The Labute approximate surface area is 91.3 Å². The van der Waals surface area contributed by atoms with Gasteiger partial charge >= 0.3 is 0 Å². The summed E-state index contributed by atoms with van der Waals surface area (Å²) in [6, 6.07) is 4.23. The molecule has 0 fully saturated rings. The first-order valence-corrected chi connectivity index (χ1v) is 4.65. The number of aliphatic hydroxyl groups is 1. The van der Waals surface area contributed by atoms with Gasteiger partial charge in [0.15, 0.2) is 5.72 Å². The summed E-state index contributed by atoms with van der Waals surface area (Å²) in [5.74, 6) is -0.535. The highest BCUT2D eigenvalue weighted by atomic mass is 16.6. The van der Waals surface area contributed by atoms with Crippen molar-refractivity contribution in [2.45, 2.75) is 12.6 Å². The fourth-order valence-corrected chi connectivity index (χ4v) is 1.86. The summed E-state index contributed by atoms with van der Waals surface area (Å²) >= 11 is 0. The summed E-state index contributed by atoms with van der Waals surface area (Å²) in [5.41, 5.74) is -1.51. The van der Waals surface area contributed by atoms with Crippen LogP contribution in [0.5, 0.6) is 0 Å². The molecule has 1 aliphatic heterocycles. The first-order chi connectivity index (χ1) is 7.37. The molecule has 1 aliphatic rings. The molecule has 84 valence electrons. The van der Waals surface area contributed by atoms with Crippen LogP contribution in [0, 0.1) is 10.1 Å². The average molecular weight is 222 g/mol. The number of hydrogen-bond donors (Lipinski definition) is 1. The molecule has 1 N–H and O–H groups in total. The predicted molar refractivity (Wildman–Crippen MR) is 54.8 cm³/mol. The minimum atomic E-state index is -1.49. The summed E-state index contributed by atoms with van der Waals surface area (Å²) in [6.45, 7) is 1.43. The smallest absolute Gasteiger partial charge is 0.282 e. The third kappa shape index (κ3) is 1.13. The maximum Gasteiger partial charge on any atom is 0.282 e. The third-order valence-corrected chi connectivity index (χ3v) is 2.92.